The molecule has 1 fully saturated rings. The Balaban J connectivity index is 1.54. The quantitative estimate of drug-likeness (QED) is 0.785. The van der Waals surface area contributed by atoms with Crippen LogP contribution in [0.4, 0.5) is 0 Å². The summed E-state index contributed by atoms with van der Waals surface area (Å²) in [4.78, 5) is 44.9. The minimum Gasteiger partial charge on any atom is -0.496 e. The lowest BCUT2D eigenvalue weighted by Gasteiger charge is -2.22. The summed E-state index contributed by atoms with van der Waals surface area (Å²) < 4.78 is 5.25. The van der Waals surface area contributed by atoms with Crippen LogP contribution in [0.3, 0.4) is 0 Å². The molecule has 1 aromatic heterocycles. The first-order chi connectivity index (χ1) is 12.6. The molecule has 0 radical (unpaired) electrons. The van der Waals surface area contributed by atoms with Crippen LogP contribution < -0.4 is 4.74 Å². The Morgan fingerprint density at radius 2 is 1.96 bits per heavy atom. The third-order valence-electron chi connectivity index (χ3n) is 4.83. The van der Waals surface area contributed by atoms with Crippen molar-refractivity contribution in [3.8, 4) is 5.75 Å². The van der Waals surface area contributed by atoms with E-state index in [1.807, 2.05) is 0 Å². The van der Waals surface area contributed by atoms with Gasteiger partial charge in [0.25, 0.3) is 17.7 Å². The number of likely N-dealkylation sites (tertiary alicyclic amines) is 1. The van der Waals surface area contributed by atoms with Gasteiger partial charge < -0.3 is 9.64 Å². The summed E-state index contributed by atoms with van der Waals surface area (Å²) in [5.41, 5.74) is 0.985. The fourth-order valence-electron chi connectivity index (χ4n) is 3.54. The van der Waals surface area contributed by atoms with Gasteiger partial charge in [0, 0.05) is 19.3 Å². The van der Waals surface area contributed by atoms with Crippen molar-refractivity contribution in [1.82, 2.24) is 14.8 Å². The van der Waals surface area contributed by atoms with Crippen molar-refractivity contribution in [3.05, 3.63) is 59.4 Å². The number of rotatable bonds is 3. The van der Waals surface area contributed by atoms with Crippen LogP contribution in [-0.4, -0.2) is 58.7 Å². The number of fused-ring (bicyclic) bond motifs is 1. The summed E-state index contributed by atoms with van der Waals surface area (Å²) in [5, 5.41) is 0. The van der Waals surface area contributed by atoms with Crippen molar-refractivity contribution in [2.75, 3.05) is 20.2 Å². The number of carbonyl (C=O) groups is 3. The summed E-state index contributed by atoms with van der Waals surface area (Å²) in [6.07, 6.45) is 2.05. The standard InChI is InChI=1S/C19H17N3O4/c1-26-15-7-3-2-5-13(15)17(23)21-10-8-12(11-21)22-18(24)14-6-4-9-20-16(14)19(22)25/h2-7,9,12H,8,10-11H2,1H3. The number of methoxy groups -OCH3 is 1. The number of carbonyl (C=O) groups excluding carboxylic acids is 3. The third-order valence-corrected chi connectivity index (χ3v) is 4.83. The summed E-state index contributed by atoms with van der Waals surface area (Å²) in [7, 11) is 1.52. The van der Waals surface area contributed by atoms with Crippen LogP contribution in [-0.2, 0) is 0 Å². The van der Waals surface area contributed by atoms with Crippen LogP contribution in [0.25, 0.3) is 0 Å². The number of pyridine rings is 1. The third kappa shape index (κ3) is 2.44. The van der Waals surface area contributed by atoms with Gasteiger partial charge in [-0.05, 0) is 30.7 Å². The Morgan fingerprint density at radius 3 is 2.73 bits per heavy atom. The Kier molecular flexibility index (Phi) is 3.91. The van der Waals surface area contributed by atoms with E-state index in [9.17, 15) is 14.4 Å². The number of benzene rings is 1. The first kappa shape index (κ1) is 16.3. The summed E-state index contributed by atoms with van der Waals surface area (Å²) in [6.45, 7) is 0.782. The average Bonchev–Trinajstić information content (AvgIpc) is 3.25. The minimum absolute atomic E-state index is 0.167. The Morgan fingerprint density at radius 1 is 1.15 bits per heavy atom. The SMILES string of the molecule is COc1ccccc1C(=O)N1CCC(N2C(=O)c3cccnc3C2=O)C1. The largest absolute Gasteiger partial charge is 0.496 e. The van der Waals surface area contributed by atoms with Crippen LogP contribution in [0.5, 0.6) is 5.75 Å². The lowest BCUT2D eigenvalue weighted by Crippen LogP contribution is -2.42. The molecule has 0 bridgehead atoms. The Bertz CT molecular complexity index is 876. The van der Waals surface area contributed by atoms with Crippen molar-refractivity contribution < 1.29 is 19.1 Å². The molecule has 1 atom stereocenters. The van der Waals surface area contributed by atoms with E-state index in [1.165, 1.54) is 18.2 Å². The normalized spacial score (nSPS) is 19.0. The smallest absolute Gasteiger partial charge is 0.280 e. The van der Waals surface area contributed by atoms with Crippen LogP contribution in [0, 0.1) is 0 Å². The van der Waals surface area contributed by atoms with E-state index in [-0.39, 0.29) is 29.5 Å². The zero-order chi connectivity index (χ0) is 18.3. The van der Waals surface area contributed by atoms with Crippen LogP contribution in [0.15, 0.2) is 42.6 Å². The molecule has 1 saturated heterocycles. The molecule has 1 aromatic carbocycles. The topological polar surface area (TPSA) is 79.8 Å². The van der Waals surface area contributed by atoms with Gasteiger partial charge in [-0.2, -0.15) is 0 Å². The molecule has 3 heterocycles. The second kappa shape index (κ2) is 6.25. The van der Waals surface area contributed by atoms with Gasteiger partial charge in [-0.1, -0.05) is 12.1 Å². The van der Waals surface area contributed by atoms with E-state index in [2.05, 4.69) is 4.98 Å². The van der Waals surface area contributed by atoms with Gasteiger partial charge in [0.15, 0.2) is 0 Å². The predicted molar refractivity (Wildman–Crippen MR) is 92.0 cm³/mol. The van der Waals surface area contributed by atoms with E-state index in [4.69, 9.17) is 4.74 Å². The van der Waals surface area contributed by atoms with Crippen molar-refractivity contribution in [2.24, 2.45) is 0 Å². The van der Waals surface area contributed by atoms with E-state index >= 15 is 0 Å². The number of nitrogens with zero attached hydrogens (tertiary/aromatic N) is 3. The van der Waals surface area contributed by atoms with Gasteiger partial charge >= 0.3 is 0 Å². The molecule has 3 amide bonds. The number of ether oxygens (including phenoxy) is 1. The van der Waals surface area contributed by atoms with Crippen molar-refractivity contribution in [2.45, 2.75) is 12.5 Å². The maximum atomic E-state index is 12.8. The molecule has 2 aliphatic rings. The number of hydrogen-bond donors (Lipinski definition) is 0. The number of para-hydroxylation sites is 1. The van der Waals surface area contributed by atoms with Crippen LogP contribution in [0.2, 0.25) is 0 Å². The highest BCUT2D eigenvalue weighted by Gasteiger charge is 2.44. The van der Waals surface area contributed by atoms with E-state index in [0.717, 1.165) is 0 Å². The molecule has 4 rings (SSSR count). The predicted octanol–water partition coefficient (Wildman–Crippen LogP) is 1.60. The van der Waals surface area contributed by atoms with Crippen molar-refractivity contribution in [3.63, 3.8) is 0 Å². The number of imide groups is 1. The molecule has 2 aliphatic heterocycles. The molecule has 1 unspecified atom stereocenters. The molecule has 132 valence electrons. The molecule has 0 aliphatic carbocycles. The molecule has 2 aromatic rings. The van der Waals surface area contributed by atoms with Crippen molar-refractivity contribution in [1.29, 1.82) is 0 Å². The minimum atomic E-state index is -0.387. The molecular formula is C19H17N3O4. The second-order valence-corrected chi connectivity index (χ2v) is 6.27. The molecular weight excluding hydrogens is 334 g/mol. The number of hydrogen-bond acceptors (Lipinski definition) is 5. The zero-order valence-corrected chi connectivity index (χ0v) is 14.2. The highest BCUT2D eigenvalue weighted by Crippen LogP contribution is 2.28. The Hall–Kier alpha value is -3.22. The van der Waals surface area contributed by atoms with Crippen molar-refractivity contribution >= 4 is 17.7 Å². The highest BCUT2D eigenvalue weighted by molar-refractivity contribution is 6.20. The second-order valence-electron chi connectivity index (χ2n) is 6.27. The molecule has 7 heteroatoms. The summed E-state index contributed by atoms with van der Waals surface area (Å²) in [6, 6.07) is 9.92. The van der Waals surface area contributed by atoms with Crippen LogP contribution >= 0.6 is 0 Å². The molecule has 26 heavy (non-hydrogen) atoms. The fraction of sp³-hybridized carbons (Fsp3) is 0.263. The fourth-order valence-corrected chi connectivity index (χ4v) is 3.54. The first-order valence-corrected chi connectivity index (χ1v) is 8.37. The maximum absolute atomic E-state index is 12.8. The summed E-state index contributed by atoms with van der Waals surface area (Å²) >= 11 is 0. The van der Waals surface area contributed by atoms with Crippen LogP contribution in [0.1, 0.15) is 37.6 Å². The average molecular weight is 351 g/mol. The highest BCUT2D eigenvalue weighted by atomic mass is 16.5. The molecule has 0 saturated carbocycles. The first-order valence-electron chi connectivity index (χ1n) is 8.37. The van der Waals surface area contributed by atoms with Gasteiger partial charge in [-0.3, -0.25) is 24.3 Å². The molecule has 0 N–H and O–H groups in total. The number of amides is 3. The Labute approximate surface area is 150 Å². The maximum Gasteiger partial charge on any atom is 0.280 e. The molecule has 0 spiro atoms. The van der Waals surface area contributed by atoms with Gasteiger partial charge in [0.1, 0.15) is 11.4 Å². The van der Waals surface area contributed by atoms with Gasteiger partial charge in [0.05, 0.1) is 24.3 Å². The molecule has 7 nitrogen and oxygen atoms in total. The van der Waals surface area contributed by atoms with E-state index in [1.54, 1.807) is 41.3 Å². The van der Waals surface area contributed by atoms with Gasteiger partial charge in [0.2, 0.25) is 0 Å². The van der Waals surface area contributed by atoms with Gasteiger partial charge in [-0.25, -0.2) is 0 Å². The van der Waals surface area contributed by atoms with Gasteiger partial charge in [-0.15, -0.1) is 0 Å². The zero-order valence-electron chi connectivity index (χ0n) is 14.2. The monoisotopic (exact) mass is 351 g/mol. The van der Waals surface area contributed by atoms with E-state index in [0.29, 0.717) is 36.4 Å². The van der Waals surface area contributed by atoms with E-state index < -0.39 is 0 Å². The lowest BCUT2D eigenvalue weighted by atomic mass is 10.2. The summed E-state index contributed by atoms with van der Waals surface area (Å²) in [5.74, 6) is -0.387. The lowest BCUT2D eigenvalue weighted by molar-refractivity contribution is 0.0572. The number of aromatic nitrogens is 1.